The Morgan fingerprint density at radius 3 is 3.00 bits per heavy atom. The molecule has 0 radical (unpaired) electrons. The maximum absolute atomic E-state index is 11.2. The summed E-state index contributed by atoms with van der Waals surface area (Å²) in [6.45, 7) is 0.0754. The zero-order valence-corrected chi connectivity index (χ0v) is 9.98. The summed E-state index contributed by atoms with van der Waals surface area (Å²) < 4.78 is 6.25. The Morgan fingerprint density at radius 1 is 1.60 bits per heavy atom. The van der Waals surface area contributed by atoms with E-state index in [1.807, 2.05) is 5.43 Å². The van der Waals surface area contributed by atoms with Gasteiger partial charge in [0.25, 0.3) is 11.3 Å². The average Bonchev–Trinajstić information content (AvgIpc) is 2.88. The minimum absolute atomic E-state index is 0.0157. The van der Waals surface area contributed by atoms with Crippen LogP contribution in [0.5, 0.6) is 0 Å². The van der Waals surface area contributed by atoms with Crippen molar-refractivity contribution in [3.8, 4) is 0 Å². The molecule has 0 aromatic carbocycles. The Labute approximate surface area is 110 Å². The topological polar surface area (TPSA) is 146 Å². The normalized spacial score (nSPS) is 10.2. The summed E-state index contributed by atoms with van der Waals surface area (Å²) in [5, 5.41) is 14.1. The molecule has 2 heterocycles. The number of pyridine rings is 1. The molecule has 1 amide bonds. The molecule has 2 aromatic heterocycles. The van der Waals surface area contributed by atoms with Crippen molar-refractivity contribution in [2.45, 2.75) is 6.54 Å². The van der Waals surface area contributed by atoms with E-state index in [-0.39, 0.29) is 18.0 Å². The second-order valence-electron chi connectivity index (χ2n) is 3.78. The van der Waals surface area contributed by atoms with Gasteiger partial charge in [-0.15, -0.1) is 0 Å². The Bertz CT molecular complexity index is 719. The lowest BCUT2D eigenvalue weighted by Gasteiger charge is -2.01. The molecular weight excluding hydrogens is 270 g/mol. The summed E-state index contributed by atoms with van der Waals surface area (Å²) in [6.07, 6.45) is 2.44. The Kier molecular flexibility index (Phi) is 3.57. The van der Waals surface area contributed by atoms with Gasteiger partial charge in [-0.3, -0.25) is 25.1 Å². The number of nitrogens with zero attached hydrogens (tertiary/aromatic N) is 3. The summed E-state index contributed by atoms with van der Waals surface area (Å²) in [5.41, 5.74) is 0.638. The Balaban J connectivity index is 2.24. The fraction of sp³-hybridized carbons (Fsp3) is 0.100. The third-order valence-electron chi connectivity index (χ3n) is 2.42. The van der Waals surface area contributed by atoms with Gasteiger partial charge in [0.15, 0.2) is 11.5 Å². The van der Waals surface area contributed by atoms with Crippen molar-refractivity contribution >= 4 is 11.6 Å². The molecule has 0 saturated heterocycles. The molecule has 0 aliphatic rings. The van der Waals surface area contributed by atoms with Crippen molar-refractivity contribution in [3.63, 3.8) is 0 Å². The number of rotatable bonds is 4. The third-order valence-corrected chi connectivity index (χ3v) is 2.42. The van der Waals surface area contributed by atoms with Crippen LogP contribution < -0.4 is 16.7 Å². The van der Waals surface area contributed by atoms with Crippen LogP contribution in [0.25, 0.3) is 0 Å². The molecule has 2 aromatic rings. The number of nitrogens with one attached hydrogen (secondary N) is 1. The molecule has 0 atom stereocenters. The van der Waals surface area contributed by atoms with Crippen LogP contribution in [0, 0.1) is 10.1 Å². The molecule has 20 heavy (non-hydrogen) atoms. The summed E-state index contributed by atoms with van der Waals surface area (Å²) in [7, 11) is 0. The number of hydrogen-bond acceptors (Lipinski definition) is 7. The molecule has 0 aliphatic carbocycles. The number of nitrogen functional groups attached to an aromatic ring is 1. The summed E-state index contributed by atoms with van der Waals surface area (Å²) >= 11 is 0. The Hall–Kier alpha value is -3.01. The van der Waals surface area contributed by atoms with Gasteiger partial charge in [0, 0.05) is 18.3 Å². The van der Waals surface area contributed by atoms with Crippen molar-refractivity contribution in [2.75, 3.05) is 0 Å². The fourth-order valence-corrected chi connectivity index (χ4v) is 1.50. The number of nitro groups is 1. The highest BCUT2D eigenvalue weighted by molar-refractivity contribution is 5.91. The lowest BCUT2D eigenvalue weighted by molar-refractivity contribution is -0.386. The van der Waals surface area contributed by atoms with Crippen LogP contribution in [0.15, 0.2) is 33.8 Å². The maximum Gasteiger partial charge on any atom is 0.332 e. The van der Waals surface area contributed by atoms with Crippen molar-refractivity contribution in [3.05, 3.63) is 56.3 Å². The SMILES string of the molecule is NNC(=O)c1cc(Cn2ccc(=O)c([N+](=O)[O-])c2)on1. The molecule has 0 bridgehead atoms. The zero-order chi connectivity index (χ0) is 14.7. The molecule has 104 valence electrons. The summed E-state index contributed by atoms with van der Waals surface area (Å²) in [5.74, 6) is 4.60. The van der Waals surface area contributed by atoms with Crippen molar-refractivity contribution in [1.82, 2.24) is 15.1 Å². The van der Waals surface area contributed by atoms with Gasteiger partial charge in [-0.25, -0.2) is 5.84 Å². The van der Waals surface area contributed by atoms with E-state index >= 15 is 0 Å². The standard InChI is InChI=1S/C10H9N5O5/c11-12-10(17)7-3-6(20-13-7)4-14-2-1-9(16)8(5-14)15(18)19/h1-3,5H,4,11H2,(H,12,17). The van der Waals surface area contributed by atoms with Crippen LogP contribution in [0.2, 0.25) is 0 Å². The summed E-state index contributed by atoms with van der Waals surface area (Å²) in [4.78, 5) is 32.3. The second-order valence-corrected chi connectivity index (χ2v) is 3.78. The van der Waals surface area contributed by atoms with E-state index in [9.17, 15) is 19.7 Å². The van der Waals surface area contributed by atoms with E-state index in [4.69, 9.17) is 10.4 Å². The molecular formula is C10H9N5O5. The van der Waals surface area contributed by atoms with E-state index in [2.05, 4.69) is 5.16 Å². The van der Waals surface area contributed by atoms with E-state index in [1.54, 1.807) is 0 Å². The first-order valence-electron chi connectivity index (χ1n) is 5.32. The number of amides is 1. The maximum atomic E-state index is 11.2. The molecule has 0 fully saturated rings. The van der Waals surface area contributed by atoms with Crippen LogP contribution in [-0.2, 0) is 6.54 Å². The van der Waals surface area contributed by atoms with Crippen LogP contribution in [-0.4, -0.2) is 20.6 Å². The van der Waals surface area contributed by atoms with Gasteiger partial charge >= 0.3 is 5.69 Å². The minimum Gasteiger partial charge on any atom is -0.359 e. The number of aromatic nitrogens is 2. The minimum atomic E-state index is -0.771. The molecule has 0 saturated carbocycles. The predicted molar refractivity (Wildman–Crippen MR) is 64.6 cm³/mol. The molecule has 0 aliphatic heterocycles. The highest BCUT2D eigenvalue weighted by atomic mass is 16.6. The van der Waals surface area contributed by atoms with E-state index in [0.29, 0.717) is 0 Å². The quantitative estimate of drug-likeness (QED) is 0.328. The van der Waals surface area contributed by atoms with Gasteiger partial charge in [0.2, 0.25) is 0 Å². The third kappa shape index (κ3) is 2.70. The van der Waals surface area contributed by atoms with Gasteiger partial charge in [-0.2, -0.15) is 0 Å². The fourth-order valence-electron chi connectivity index (χ4n) is 1.50. The van der Waals surface area contributed by atoms with Crippen LogP contribution in [0.1, 0.15) is 16.2 Å². The van der Waals surface area contributed by atoms with E-state index in [0.717, 1.165) is 12.3 Å². The number of carbonyl (C=O) groups is 1. The molecule has 10 heteroatoms. The van der Waals surface area contributed by atoms with Crippen molar-refractivity contribution in [2.24, 2.45) is 5.84 Å². The monoisotopic (exact) mass is 279 g/mol. The second kappa shape index (κ2) is 5.32. The van der Waals surface area contributed by atoms with Gasteiger partial charge < -0.3 is 9.09 Å². The molecule has 2 rings (SSSR count). The smallest absolute Gasteiger partial charge is 0.332 e. The van der Waals surface area contributed by atoms with Gasteiger partial charge in [-0.05, 0) is 0 Å². The van der Waals surface area contributed by atoms with Crippen molar-refractivity contribution in [1.29, 1.82) is 0 Å². The lowest BCUT2D eigenvalue weighted by atomic mass is 10.3. The van der Waals surface area contributed by atoms with Crippen molar-refractivity contribution < 1.29 is 14.2 Å². The van der Waals surface area contributed by atoms with Gasteiger partial charge in [0.05, 0.1) is 17.7 Å². The first kappa shape index (κ1) is 13.4. The highest BCUT2D eigenvalue weighted by Gasteiger charge is 2.14. The molecule has 10 nitrogen and oxygen atoms in total. The number of hydrazine groups is 1. The molecule has 3 N–H and O–H groups in total. The molecule has 0 unspecified atom stereocenters. The Morgan fingerprint density at radius 2 is 2.35 bits per heavy atom. The number of nitrogens with two attached hydrogens (primary N) is 1. The number of hydrogen-bond donors (Lipinski definition) is 2. The molecule has 0 spiro atoms. The van der Waals surface area contributed by atoms with Crippen LogP contribution in [0.3, 0.4) is 0 Å². The summed E-state index contributed by atoms with van der Waals surface area (Å²) in [6, 6.07) is 2.41. The van der Waals surface area contributed by atoms with Crippen LogP contribution in [0.4, 0.5) is 5.69 Å². The first-order chi connectivity index (χ1) is 9.51. The van der Waals surface area contributed by atoms with E-state index < -0.39 is 21.9 Å². The highest BCUT2D eigenvalue weighted by Crippen LogP contribution is 2.08. The largest absolute Gasteiger partial charge is 0.359 e. The van der Waals surface area contributed by atoms with Crippen LogP contribution >= 0.6 is 0 Å². The van der Waals surface area contributed by atoms with Gasteiger partial charge in [-0.1, -0.05) is 5.16 Å². The average molecular weight is 279 g/mol. The first-order valence-corrected chi connectivity index (χ1v) is 5.32. The van der Waals surface area contributed by atoms with E-state index in [1.165, 1.54) is 16.8 Å². The zero-order valence-electron chi connectivity index (χ0n) is 9.98. The lowest BCUT2D eigenvalue weighted by Crippen LogP contribution is -2.30. The van der Waals surface area contributed by atoms with Gasteiger partial charge in [0.1, 0.15) is 0 Å². The predicted octanol–water partition coefficient (Wildman–Crippen LogP) is -0.604. The number of carbonyl (C=O) groups excluding carboxylic acids is 1.